The third kappa shape index (κ3) is 4.72. The number of esters is 1. The second kappa shape index (κ2) is 9.77. The molecule has 0 saturated carbocycles. The summed E-state index contributed by atoms with van der Waals surface area (Å²) in [5, 5.41) is 0.217. The van der Waals surface area contributed by atoms with Crippen molar-refractivity contribution in [2.75, 3.05) is 0 Å². The Kier molecular flexibility index (Phi) is 7.21. The van der Waals surface area contributed by atoms with Crippen LogP contribution < -0.4 is 11.2 Å². The van der Waals surface area contributed by atoms with Gasteiger partial charge in [0.2, 0.25) is 5.78 Å². The number of H-pyrrole nitrogens is 1. The van der Waals surface area contributed by atoms with Crippen LogP contribution >= 0.6 is 11.6 Å². The molecule has 3 aromatic rings. The van der Waals surface area contributed by atoms with Gasteiger partial charge in [-0.3, -0.25) is 28.9 Å². The largest absolute Gasteiger partial charge is 0.461 e. The first kappa shape index (κ1) is 25.1. The lowest BCUT2D eigenvalue weighted by molar-refractivity contribution is -0.142. The third-order valence-corrected chi connectivity index (χ3v) is 5.87. The average molecular weight is 484 g/mol. The van der Waals surface area contributed by atoms with Crippen LogP contribution in [0.4, 0.5) is 0 Å². The second-order valence-electron chi connectivity index (χ2n) is 8.45. The number of aryl methyl sites for hydroxylation is 2. The summed E-state index contributed by atoms with van der Waals surface area (Å²) in [5.41, 5.74) is 1.64. The summed E-state index contributed by atoms with van der Waals surface area (Å²) in [6, 6.07) is 4.97. The van der Waals surface area contributed by atoms with Crippen molar-refractivity contribution in [1.29, 1.82) is 0 Å². The molecule has 0 aliphatic rings. The van der Waals surface area contributed by atoms with E-state index in [0.29, 0.717) is 22.5 Å². The van der Waals surface area contributed by atoms with Crippen LogP contribution in [0.2, 0.25) is 5.02 Å². The first-order valence-corrected chi connectivity index (χ1v) is 11.1. The molecule has 2 aromatic heterocycles. The van der Waals surface area contributed by atoms with Gasteiger partial charge >= 0.3 is 11.7 Å². The molecule has 34 heavy (non-hydrogen) atoms. The van der Waals surface area contributed by atoms with Gasteiger partial charge in [0.1, 0.15) is 12.3 Å². The van der Waals surface area contributed by atoms with E-state index in [1.54, 1.807) is 52.1 Å². The van der Waals surface area contributed by atoms with E-state index >= 15 is 0 Å². The topological polar surface area (TPSA) is 111 Å². The van der Waals surface area contributed by atoms with E-state index in [1.807, 2.05) is 6.92 Å². The highest BCUT2D eigenvalue weighted by atomic mass is 35.5. The zero-order valence-electron chi connectivity index (χ0n) is 19.9. The number of halogens is 1. The molecule has 2 heterocycles. The highest BCUT2D eigenvalue weighted by molar-refractivity contribution is 6.35. The monoisotopic (exact) mass is 483 g/mol. The van der Waals surface area contributed by atoms with E-state index in [-0.39, 0.29) is 34.4 Å². The zero-order chi connectivity index (χ0) is 25.3. The Hall–Kier alpha value is -3.52. The molecule has 0 saturated heterocycles. The highest BCUT2D eigenvalue weighted by Gasteiger charge is 2.28. The summed E-state index contributed by atoms with van der Waals surface area (Å²) < 4.78 is 6.30. The van der Waals surface area contributed by atoms with Gasteiger partial charge in [0.05, 0.1) is 16.4 Å². The van der Waals surface area contributed by atoms with Crippen LogP contribution in [0.5, 0.6) is 0 Å². The Balaban J connectivity index is 2.42. The van der Waals surface area contributed by atoms with E-state index < -0.39 is 23.0 Å². The maximum Gasteiger partial charge on any atom is 0.333 e. The minimum Gasteiger partial charge on any atom is -0.461 e. The SMILES string of the molecule is CC(=O)OCc1cnc(C)c(-n2c(C(=O)c3ccc(C)cc3Cl)c(C(C)C)c(=O)[nH]c2=O)c1C. The number of hydrogen-bond acceptors (Lipinski definition) is 6. The molecular formula is C25H26ClN3O5. The van der Waals surface area contributed by atoms with Crippen LogP contribution in [0.3, 0.4) is 0 Å². The fourth-order valence-electron chi connectivity index (χ4n) is 3.87. The van der Waals surface area contributed by atoms with Crippen molar-refractivity contribution in [2.24, 2.45) is 0 Å². The summed E-state index contributed by atoms with van der Waals surface area (Å²) in [5.74, 6) is -1.40. The van der Waals surface area contributed by atoms with E-state index in [1.165, 1.54) is 11.5 Å². The molecule has 8 nitrogen and oxygen atoms in total. The molecule has 0 atom stereocenters. The number of aromatic amines is 1. The number of ketones is 1. The number of aromatic nitrogens is 3. The van der Waals surface area contributed by atoms with Gasteiger partial charge in [0, 0.05) is 29.8 Å². The van der Waals surface area contributed by atoms with Crippen LogP contribution in [-0.2, 0) is 16.1 Å². The standard InChI is InChI=1S/C25H26ClN3O5/c1-12(2)20-22(23(31)18-8-7-13(3)9-19(18)26)29(25(33)28-24(20)32)21-14(4)17(10-27-15(21)5)11-34-16(6)30/h7-10,12H,11H2,1-6H3,(H,28,32,33). The lowest BCUT2D eigenvalue weighted by atomic mass is 9.95. The summed E-state index contributed by atoms with van der Waals surface area (Å²) >= 11 is 6.39. The maximum absolute atomic E-state index is 13.8. The minimum atomic E-state index is -0.779. The smallest absolute Gasteiger partial charge is 0.333 e. The maximum atomic E-state index is 13.8. The number of carbonyl (C=O) groups excluding carboxylic acids is 2. The number of ether oxygens (including phenoxy) is 1. The molecule has 0 radical (unpaired) electrons. The first-order chi connectivity index (χ1) is 15.9. The van der Waals surface area contributed by atoms with Gasteiger partial charge in [-0.25, -0.2) is 4.79 Å². The molecule has 0 aliphatic carbocycles. The van der Waals surface area contributed by atoms with Crippen LogP contribution in [0.25, 0.3) is 5.69 Å². The van der Waals surface area contributed by atoms with Crippen molar-refractivity contribution in [3.63, 3.8) is 0 Å². The van der Waals surface area contributed by atoms with Crippen LogP contribution in [-0.4, -0.2) is 26.3 Å². The number of nitrogens with zero attached hydrogens (tertiary/aromatic N) is 2. The van der Waals surface area contributed by atoms with E-state index in [2.05, 4.69) is 9.97 Å². The molecule has 1 N–H and O–H groups in total. The van der Waals surface area contributed by atoms with E-state index in [0.717, 1.165) is 5.56 Å². The van der Waals surface area contributed by atoms with E-state index in [9.17, 15) is 19.2 Å². The predicted molar refractivity (Wildman–Crippen MR) is 129 cm³/mol. The molecule has 0 unspecified atom stereocenters. The Morgan fingerprint density at radius 3 is 2.44 bits per heavy atom. The molecule has 0 bridgehead atoms. The fraction of sp³-hybridized carbons (Fsp3) is 0.320. The predicted octanol–water partition coefficient (Wildman–Crippen LogP) is 3.92. The van der Waals surface area contributed by atoms with Gasteiger partial charge < -0.3 is 4.74 Å². The number of pyridine rings is 1. The first-order valence-electron chi connectivity index (χ1n) is 10.7. The minimum absolute atomic E-state index is 0.0519. The van der Waals surface area contributed by atoms with Crippen LogP contribution in [0.15, 0.2) is 34.0 Å². The summed E-state index contributed by atoms with van der Waals surface area (Å²) in [6.07, 6.45) is 1.55. The van der Waals surface area contributed by atoms with Crippen molar-refractivity contribution >= 4 is 23.4 Å². The van der Waals surface area contributed by atoms with Crippen LogP contribution in [0, 0.1) is 20.8 Å². The van der Waals surface area contributed by atoms with Crippen molar-refractivity contribution in [1.82, 2.24) is 14.5 Å². The van der Waals surface area contributed by atoms with Gasteiger partial charge in [-0.05, 0) is 49.9 Å². The summed E-state index contributed by atoms with van der Waals surface area (Å²) in [6.45, 7) is 10.0. The quantitative estimate of drug-likeness (QED) is 0.420. The Morgan fingerprint density at radius 2 is 1.85 bits per heavy atom. The number of nitrogens with one attached hydrogen (secondary N) is 1. The molecular weight excluding hydrogens is 458 g/mol. The molecule has 1 aromatic carbocycles. The lowest BCUT2D eigenvalue weighted by Crippen LogP contribution is -2.38. The Morgan fingerprint density at radius 1 is 1.18 bits per heavy atom. The summed E-state index contributed by atoms with van der Waals surface area (Å²) in [7, 11) is 0. The molecule has 9 heteroatoms. The van der Waals surface area contributed by atoms with E-state index in [4.69, 9.17) is 16.3 Å². The van der Waals surface area contributed by atoms with Crippen molar-refractivity contribution in [3.8, 4) is 5.69 Å². The highest BCUT2D eigenvalue weighted by Crippen LogP contribution is 2.28. The van der Waals surface area contributed by atoms with Crippen molar-refractivity contribution < 1.29 is 14.3 Å². The summed E-state index contributed by atoms with van der Waals surface area (Å²) in [4.78, 5) is 57.9. The van der Waals surface area contributed by atoms with Gasteiger partial charge in [0.25, 0.3) is 5.56 Å². The van der Waals surface area contributed by atoms with Gasteiger partial charge in [-0.2, -0.15) is 0 Å². The normalized spacial score (nSPS) is 11.1. The number of hydrogen-bond donors (Lipinski definition) is 1. The molecule has 3 rings (SSSR count). The number of carbonyl (C=O) groups is 2. The van der Waals surface area contributed by atoms with Crippen molar-refractivity contribution in [3.05, 3.63) is 89.5 Å². The second-order valence-corrected chi connectivity index (χ2v) is 8.85. The molecule has 0 aliphatic heterocycles. The molecule has 0 fully saturated rings. The van der Waals surface area contributed by atoms with Crippen LogP contribution in [0.1, 0.15) is 70.7 Å². The Bertz CT molecular complexity index is 1420. The Labute approximate surface area is 201 Å². The number of benzene rings is 1. The zero-order valence-corrected chi connectivity index (χ0v) is 20.7. The average Bonchev–Trinajstić information content (AvgIpc) is 2.73. The van der Waals surface area contributed by atoms with Gasteiger partial charge in [-0.1, -0.05) is 31.5 Å². The molecule has 0 spiro atoms. The van der Waals surface area contributed by atoms with Crippen molar-refractivity contribution in [2.45, 2.75) is 54.1 Å². The number of rotatable bonds is 6. The molecule has 0 amide bonds. The van der Waals surface area contributed by atoms with Gasteiger partial charge in [-0.15, -0.1) is 0 Å². The van der Waals surface area contributed by atoms with Gasteiger partial charge in [0.15, 0.2) is 0 Å². The third-order valence-electron chi connectivity index (χ3n) is 5.56. The molecule has 178 valence electrons. The lowest BCUT2D eigenvalue weighted by Gasteiger charge is -2.21. The fourth-order valence-corrected chi connectivity index (χ4v) is 4.19.